The Labute approximate surface area is 201 Å². The Morgan fingerprint density at radius 2 is 2.00 bits per heavy atom. The lowest BCUT2D eigenvalue weighted by Gasteiger charge is -2.35. The van der Waals surface area contributed by atoms with Crippen molar-refractivity contribution in [3.8, 4) is 0 Å². The average Bonchev–Trinajstić information content (AvgIpc) is 3.59. The second-order valence-corrected chi connectivity index (χ2v) is 10.4. The van der Waals surface area contributed by atoms with Crippen molar-refractivity contribution in [3.05, 3.63) is 63.8 Å². The number of aromatic nitrogens is 3. The minimum absolute atomic E-state index is 0.0275. The topological polar surface area (TPSA) is 94.2 Å². The number of nitrogens with zero attached hydrogens (tertiary/aromatic N) is 4. The zero-order valence-corrected chi connectivity index (χ0v) is 20.3. The summed E-state index contributed by atoms with van der Waals surface area (Å²) in [5, 5.41) is 2.67. The summed E-state index contributed by atoms with van der Waals surface area (Å²) in [4.78, 5) is 41.4. The second-order valence-electron chi connectivity index (χ2n) is 10.4. The number of amides is 1. The molecule has 2 aliphatic rings. The Bertz CT molecular complexity index is 1290. The van der Waals surface area contributed by atoms with Crippen molar-refractivity contribution in [2.75, 3.05) is 18.0 Å². The van der Waals surface area contributed by atoms with Gasteiger partial charge >= 0.3 is 0 Å². The standard InChI is InChI=1S/C23H29B3N6O2/c1-2-14-8-17-18(29-21(14)33)7-13(10-27-17)12-31-5-6-32(20-9-19(20)31)15-3-4-16(28-11-15)22(34)30-23(24,25)26/h3-4,7-8,10-11,19-20H,2,5-6,9,12,24-26H2,1H3,(H,29,33)(H,30,34)/t19-,20+/m0/s1. The molecule has 0 bridgehead atoms. The number of anilines is 1. The van der Waals surface area contributed by atoms with E-state index in [4.69, 9.17) is 0 Å². The van der Waals surface area contributed by atoms with Crippen LogP contribution in [-0.2, 0) is 13.0 Å². The maximum absolute atomic E-state index is 12.4. The summed E-state index contributed by atoms with van der Waals surface area (Å²) in [5.41, 5.74) is 4.99. The van der Waals surface area contributed by atoms with Crippen molar-refractivity contribution in [1.29, 1.82) is 0 Å². The van der Waals surface area contributed by atoms with Crippen LogP contribution in [0.25, 0.3) is 11.0 Å². The van der Waals surface area contributed by atoms with E-state index in [9.17, 15) is 9.59 Å². The summed E-state index contributed by atoms with van der Waals surface area (Å²) in [6.07, 6.45) is 5.56. The number of H-pyrrole nitrogens is 1. The fraction of sp³-hybridized carbons (Fsp3) is 0.391. The van der Waals surface area contributed by atoms with Gasteiger partial charge in [-0.05, 0) is 47.9 Å². The number of aryl methyl sites for hydroxylation is 1. The predicted molar refractivity (Wildman–Crippen MR) is 142 cm³/mol. The van der Waals surface area contributed by atoms with Gasteiger partial charge in [-0.1, -0.05) is 6.92 Å². The first-order chi connectivity index (χ1) is 16.2. The molecule has 5 rings (SSSR count). The fourth-order valence-electron chi connectivity index (χ4n) is 4.83. The van der Waals surface area contributed by atoms with Crippen LogP contribution in [0.4, 0.5) is 5.69 Å². The molecule has 1 saturated heterocycles. The van der Waals surface area contributed by atoms with E-state index in [1.807, 2.05) is 61.1 Å². The molecule has 0 aromatic carbocycles. The van der Waals surface area contributed by atoms with Crippen LogP contribution in [0.15, 0.2) is 41.5 Å². The summed E-state index contributed by atoms with van der Waals surface area (Å²) < 4.78 is 0. The Hall–Kier alpha value is -3.07. The summed E-state index contributed by atoms with van der Waals surface area (Å²) in [6.45, 7) is 4.65. The molecule has 3 aromatic rings. The highest BCUT2D eigenvalue weighted by Crippen LogP contribution is 2.40. The predicted octanol–water partition coefficient (Wildman–Crippen LogP) is -1.42. The summed E-state index contributed by atoms with van der Waals surface area (Å²) in [6, 6.07) is 8.72. The third-order valence-corrected chi connectivity index (χ3v) is 6.61. The number of rotatable bonds is 6. The average molecular weight is 454 g/mol. The minimum atomic E-state index is -0.288. The summed E-state index contributed by atoms with van der Waals surface area (Å²) >= 11 is 0. The third-order valence-electron chi connectivity index (χ3n) is 6.61. The number of piperazine rings is 1. The zero-order chi connectivity index (χ0) is 24.0. The highest BCUT2D eigenvalue weighted by Gasteiger charge is 2.48. The molecule has 34 heavy (non-hydrogen) atoms. The number of aromatic amines is 1. The molecule has 11 heteroatoms. The van der Waals surface area contributed by atoms with Crippen molar-refractivity contribution >= 4 is 46.2 Å². The maximum atomic E-state index is 12.4. The molecular formula is C23H29B3N6O2. The SMILES string of the molecule is BC(B)(B)NC(=O)c1ccc(N2CCN(Cc3cnc4cc(CC)c(=O)[nH]c4c3)[C@H]3C[C@H]32)cn1. The van der Waals surface area contributed by atoms with Crippen molar-refractivity contribution in [2.45, 2.75) is 43.6 Å². The van der Waals surface area contributed by atoms with Gasteiger partial charge in [0.15, 0.2) is 0 Å². The molecule has 1 amide bonds. The zero-order valence-electron chi connectivity index (χ0n) is 20.3. The van der Waals surface area contributed by atoms with Gasteiger partial charge < -0.3 is 15.2 Å². The highest BCUT2D eigenvalue weighted by atomic mass is 16.2. The molecule has 2 fully saturated rings. The van der Waals surface area contributed by atoms with Gasteiger partial charge in [0.2, 0.25) is 0 Å². The number of hydrogen-bond donors (Lipinski definition) is 2. The Morgan fingerprint density at radius 3 is 2.71 bits per heavy atom. The van der Waals surface area contributed by atoms with Crippen LogP contribution < -0.4 is 15.8 Å². The molecule has 1 saturated carbocycles. The van der Waals surface area contributed by atoms with E-state index in [1.54, 1.807) is 0 Å². The molecule has 8 nitrogen and oxygen atoms in total. The van der Waals surface area contributed by atoms with Crippen LogP contribution in [-0.4, -0.2) is 79.7 Å². The molecule has 3 aromatic heterocycles. The third kappa shape index (κ3) is 4.62. The highest BCUT2D eigenvalue weighted by molar-refractivity contribution is 6.60. The van der Waals surface area contributed by atoms with E-state index < -0.39 is 0 Å². The van der Waals surface area contributed by atoms with E-state index >= 15 is 0 Å². The minimum Gasteiger partial charge on any atom is -0.368 e. The van der Waals surface area contributed by atoms with Gasteiger partial charge in [0.05, 0.1) is 22.9 Å². The Morgan fingerprint density at radius 1 is 1.18 bits per heavy atom. The first kappa shape index (κ1) is 22.7. The van der Waals surface area contributed by atoms with E-state index in [0.717, 1.165) is 53.9 Å². The van der Waals surface area contributed by atoms with E-state index in [2.05, 4.69) is 36.1 Å². The van der Waals surface area contributed by atoms with Crippen LogP contribution in [0.2, 0.25) is 0 Å². The van der Waals surface area contributed by atoms with Gasteiger partial charge in [0, 0.05) is 43.5 Å². The quantitative estimate of drug-likeness (QED) is 0.445. The van der Waals surface area contributed by atoms with E-state index in [0.29, 0.717) is 24.2 Å². The largest absolute Gasteiger partial charge is 0.368 e. The van der Waals surface area contributed by atoms with Gasteiger partial charge in [-0.15, -0.1) is 0 Å². The molecule has 4 heterocycles. The number of hydrogen-bond acceptors (Lipinski definition) is 6. The molecule has 0 spiro atoms. The number of fused-ring (bicyclic) bond motifs is 2. The first-order valence-electron chi connectivity index (χ1n) is 12.0. The van der Waals surface area contributed by atoms with Crippen molar-refractivity contribution in [1.82, 2.24) is 25.2 Å². The van der Waals surface area contributed by atoms with Gasteiger partial charge in [0.1, 0.15) is 29.2 Å². The maximum Gasteiger partial charge on any atom is 0.268 e. The molecule has 0 unspecified atom stereocenters. The number of nitrogens with one attached hydrogen (secondary N) is 2. The van der Waals surface area contributed by atoms with Crippen molar-refractivity contribution in [2.24, 2.45) is 0 Å². The van der Waals surface area contributed by atoms with Crippen LogP contribution in [0, 0.1) is 0 Å². The summed E-state index contributed by atoms with van der Waals surface area (Å²) in [7, 11) is 5.88. The molecule has 2 atom stereocenters. The van der Waals surface area contributed by atoms with Crippen LogP contribution in [0.1, 0.15) is 35.0 Å². The van der Waals surface area contributed by atoms with Crippen LogP contribution in [0.5, 0.6) is 0 Å². The first-order valence-corrected chi connectivity index (χ1v) is 12.0. The second kappa shape index (κ2) is 8.62. The van der Waals surface area contributed by atoms with Crippen LogP contribution in [0.3, 0.4) is 0 Å². The molecule has 172 valence electrons. The van der Waals surface area contributed by atoms with Gasteiger partial charge in [0.25, 0.3) is 11.5 Å². The van der Waals surface area contributed by atoms with Gasteiger partial charge in [-0.25, -0.2) is 4.98 Å². The number of pyridine rings is 3. The molecule has 2 N–H and O–H groups in total. The van der Waals surface area contributed by atoms with Crippen LogP contribution >= 0.6 is 0 Å². The Kier molecular flexibility index (Phi) is 5.76. The summed E-state index contributed by atoms with van der Waals surface area (Å²) in [5.74, 6) is -0.149. The lowest BCUT2D eigenvalue weighted by Crippen LogP contribution is -2.50. The van der Waals surface area contributed by atoms with Crippen molar-refractivity contribution in [3.63, 3.8) is 0 Å². The Balaban J connectivity index is 1.24. The number of carbonyl (C=O) groups is 1. The van der Waals surface area contributed by atoms with Gasteiger partial charge in [-0.2, -0.15) is 0 Å². The molecule has 0 radical (unpaired) electrons. The monoisotopic (exact) mass is 454 g/mol. The molecule has 1 aliphatic heterocycles. The molecular weight excluding hydrogens is 425 g/mol. The normalized spacial score (nSPS) is 20.2. The van der Waals surface area contributed by atoms with Crippen molar-refractivity contribution < 1.29 is 4.79 Å². The van der Waals surface area contributed by atoms with Gasteiger partial charge in [-0.3, -0.25) is 19.5 Å². The van der Waals surface area contributed by atoms with E-state index in [1.165, 1.54) is 0 Å². The van der Waals surface area contributed by atoms with E-state index in [-0.39, 0.29) is 16.7 Å². The smallest absolute Gasteiger partial charge is 0.268 e. The fourth-order valence-corrected chi connectivity index (χ4v) is 4.83. The molecule has 1 aliphatic carbocycles. The lowest BCUT2D eigenvalue weighted by molar-refractivity contribution is 0.0947. The number of carbonyl (C=O) groups excluding carboxylic acids is 1. The lowest BCUT2D eigenvalue weighted by atomic mass is 9.49.